The summed E-state index contributed by atoms with van der Waals surface area (Å²) in [7, 11) is 0. The van der Waals surface area contributed by atoms with Crippen molar-refractivity contribution in [3.05, 3.63) is 34.8 Å². The van der Waals surface area contributed by atoms with E-state index in [0.29, 0.717) is 18.5 Å². The van der Waals surface area contributed by atoms with Crippen molar-refractivity contribution in [2.24, 2.45) is 0 Å². The topological polar surface area (TPSA) is 47.2 Å². The molecule has 0 atom stereocenters. The molecule has 1 aromatic rings. The molecule has 2 rings (SSSR count). The standard InChI is InChI=1S/C12H17NO2/c1-10-5-6-11(13(15)9-10)12(14)7-3-2-4-8-12/h5-6,9,14H,2-4,7-8H2,1H3. The SMILES string of the molecule is Cc1ccc(C2(O)CCCCC2)[n+]([O-])c1. The van der Waals surface area contributed by atoms with Gasteiger partial charge in [0.2, 0.25) is 5.69 Å². The fourth-order valence-corrected chi connectivity index (χ4v) is 2.33. The van der Waals surface area contributed by atoms with Gasteiger partial charge in [0.15, 0.2) is 6.20 Å². The number of hydrogen-bond acceptors (Lipinski definition) is 2. The van der Waals surface area contributed by atoms with E-state index in [2.05, 4.69) is 0 Å². The number of pyridine rings is 1. The van der Waals surface area contributed by atoms with Gasteiger partial charge >= 0.3 is 0 Å². The molecule has 82 valence electrons. The van der Waals surface area contributed by atoms with Crippen LogP contribution in [-0.4, -0.2) is 5.11 Å². The van der Waals surface area contributed by atoms with Crippen molar-refractivity contribution >= 4 is 0 Å². The Labute approximate surface area is 90.0 Å². The highest BCUT2D eigenvalue weighted by molar-refractivity contribution is 5.13. The Morgan fingerprint density at radius 1 is 1.27 bits per heavy atom. The summed E-state index contributed by atoms with van der Waals surface area (Å²) in [6, 6.07) is 3.64. The third-order valence-electron chi connectivity index (χ3n) is 3.22. The lowest BCUT2D eigenvalue weighted by atomic mass is 9.82. The summed E-state index contributed by atoms with van der Waals surface area (Å²) < 4.78 is 0.820. The molecule has 0 amide bonds. The quantitative estimate of drug-likeness (QED) is 0.563. The van der Waals surface area contributed by atoms with Gasteiger partial charge in [-0.2, -0.15) is 4.73 Å². The number of nitrogens with zero attached hydrogens (tertiary/aromatic N) is 1. The predicted molar refractivity (Wildman–Crippen MR) is 57.1 cm³/mol. The van der Waals surface area contributed by atoms with Gasteiger partial charge in [0.05, 0.1) is 0 Å². The van der Waals surface area contributed by atoms with Crippen LogP contribution in [-0.2, 0) is 5.60 Å². The second-order valence-electron chi connectivity index (χ2n) is 4.51. The highest BCUT2D eigenvalue weighted by Gasteiger charge is 2.37. The maximum absolute atomic E-state index is 11.7. The van der Waals surface area contributed by atoms with Crippen LogP contribution in [0.4, 0.5) is 0 Å². The predicted octanol–water partition coefficient (Wildman–Crippen LogP) is 1.78. The lowest BCUT2D eigenvalue weighted by molar-refractivity contribution is -0.623. The van der Waals surface area contributed by atoms with Gasteiger partial charge in [-0.15, -0.1) is 0 Å². The van der Waals surface area contributed by atoms with Gasteiger partial charge in [-0.05, 0) is 38.7 Å². The maximum atomic E-state index is 11.7. The molecule has 1 heterocycles. The molecule has 3 nitrogen and oxygen atoms in total. The van der Waals surface area contributed by atoms with Crippen molar-refractivity contribution in [2.75, 3.05) is 0 Å². The summed E-state index contributed by atoms with van der Waals surface area (Å²) in [5.74, 6) is 0. The Balaban J connectivity index is 2.35. The monoisotopic (exact) mass is 207 g/mol. The zero-order valence-corrected chi connectivity index (χ0v) is 9.07. The van der Waals surface area contributed by atoms with Gasteiger partial charge in [-0.3, -0.25) is 0 Å². The largest absolute Gasteiger partial charge is 0.618 e. The summed E-state index contributed by atoms with van der Waals surface area (Å²) in [5, 5.41) is 22.1. The zero-order valence-electron chi connectivity index (χ0n) is 9.07. The average Bonchev–Trinajstić information content (AvgIpc) is 2.18. The smallest absolute Gasteiger partial charge is 0.224 e. The molecule has 3 heteroatoms. The van der Waals surface area contributed by atoms with Gasteiger partial charge in [0.25, 0.3) is 0 Å². The van der Waals surface area contributed by atoms with Crippen molar-refractivity contribution in [2.45, 2.75) is 44.6 Å². The first kappa shape index (κ1) is 10.4. The van der Waals surface area contributed by atoms with E-state index < -0.39 is 5.60 Å². The van der Waals surface area contributed by atoms with E-state index in [1.807, 2.05) is 13.0 Å². The van der Waals surface area contributed by atoms with Gasteiger partial charge in [0.1, 0.15) is 5.60 Å². The van der Waals surface area contributed by atoms with Crippen molar-refractivity contribution in [1.82, 2.24) is 0 Å². The van der Waals surface area contributed by atoms with E-state index >= 15 is 0 Å². The molecule has 15 heavy (non-hydrogen) atoms. The van der Waals surface area contributed by atoms with Crippen LogP contribution in [0.15, 0.2) is 18.3 Å². The Kier molecular flexibility index (Phi) is 2.65. The summed E-state index contributed by atoms with van der Waals surface area (Å²) in [4.78, 5) is 0. The van der Waals surface area contributed by atoms with E-state index in [-0.39, 0.29) is 0 Å². The number of rotatable bonds is 1. The number of aryl methyl sites for hydroxylation is 1. The van der Waals surface area contributed by atoms with Gasteiger partial charge < -0.3 is 10.3 Å². The Morgan fingerprint density at radius 2 is 1.93 bits per heavy atom. The van der Waals surface area contributed by atoms with Crippen molar-refractivity contribution in [1.29, 1.82) is 0 Å². The lowest BCUT2D eigenvalue weighted by Crippen LogP contribution is -2.43. The number of aliphatic hydroxyl groups is 1. The second kappa shape index (κ2) is 3.81. The molecule has 1 N–H and O–H groups in total. The van der Waals surface area contributed by atoms with E-state index in [1.165, 1.54) is 6.20 Å². The Bertz CT molecular complexity index is 357. The van der Waals surface area contributed by atoms with Gasteiger partial charge in [-0.25, -0.2) is 0 Å². The molecular weight excluding hydrogens is 190 g/mol. The minimum absolute atomic E-state index is 0.507. The van der Waals surface area contributed by atoms with Crippen molar-refractivity contribution in [3.8, 4) is 0 Å². The first-order valence-electron chi connectivity index (χ1n) is 5.54. The normalized spacial score (nSPS) is 20.1. The van der Waals surface area contributed by atoms with Crippen LogP contribution in [0.3, 0.4) is 0 Å². The van der Waals surface area contributed by atoms with Crippen molar-refractivity contribution < 1.29 is 9.84 Å². The Morgan fingerprint density at radius 3 is 2.53 bits per heavy atom. The van der Waals surface area contributed by atoms with E-state index in [9.17, 15) is 10.3 Å². The molecule has 1 saturated carbocycles. The zero-order chi connectivity index (χ0) is 10.9. The molecule has 0 aliphatic heterocycles. The minimum atomic E-state index is -0.895. The third kappa shape index (κ3) is 1.97. The molecule has 1 fully saturated rings. The second-order valence-corrected chi connectivity index (χ2v) is 4.51. The minimum Gasteiger partial charge on any atom is -0.618 e. The highest BCUT2D eigenvalue weighted by atomic mass is 16.5. The summed E-state index contributed by atoms with van der Waals surface area (Å²) in [5.41, 5.74) is 0.536. The molecule has 1 aliphatic rings. The highest BCUT2D eigenvalue weighted by Crippen LogP contribution is 2.35. The van der Waals surface area contributed by atoms with E-state index in [0.717, 1.165) is 29.6 Å². The molecule has 0 bridgehead atoms. The lowest BCUT2D eigenvalue weighted by Gasteiger charge is -2.30. The maximum Gasteiger partial charge on any atom is 0.224 e. The summed E-state index contributed by atoms with van der Waals surface area (Å²) >= 11 is 0. The summed E-state index contributed by atoms with van der Waals surface area (Å²) in [6.07, 6.45) is 6.11. The molecule has 0 saturated heterocycles. The third-order valence-corrected chi connectivity index (χ3v) is 3.22. The number of aromatic nitrogens is 1. The molecular formula is C12H17NO2. The average molecular weight is 207 g/mol. The number of hydrogen-bond donors (Lipinski definition) is 1. The van der Waals surface area contributed by atoms with Gasteiger partial charge in [-0.1, -0.05) is 6.42 Å². The molecule has 1 aromatic heterocycles. The molecule has 0 spiro atoms. The first-order chi connectivity index (χ1) is 7.12. The van der Waals surface area contributed by atoms with Crippen LogP contribution in [0.25, 0.3) is 0 Å². The summed E-state index contributed by atoms with van der Waals surface area (Å²) in [6.45, 7) is 1.88. The van der Waals surface area contributed by atoms with Crippen molar-refractivity contribution in [3.63, 3.8) is 0 Å². The molecule has 0 aromatic carbocycles. The Hall–Kier alpha value is -1.09. The fraction of sp³-hybridized carbons (Fsp3) is 0.583. The van der Waals surface area contributed by atoms with Crippen LogP contribution in [0.5, 0.6) is 0 Å². The molecule has 0 radical (unpaired) electrons. The van der Waals surface area contributed by atoms with Crippen LogP contribution in [0, 0.1) is 12.1 Å². The van der Waals surface area contributed by atoms with E-state index in [4.69, 9.17) is 0 Å². The van der Waals surface area contributed by atoms with Crippen LogP contribution < -0.4 is 4.73 Å². The first-order valence-corrected chi connectivity index (χ1v) is 5.54. The van der Waals surface area contributed by atoms with Gasteiger partial charge in [0, 0.05) is 11.6 Å². The fourth-order valence-electron chi connectivity index (χ4n) is 2.33. The molecule has 1 aliphatic carbocycles. The van der Waals surface area contributed by atoms with Crippen LogP contribution in [0.2, 0.25) is 0 Å². The van der Waals surface area contributed by atoms with E-state index in [1.54, 1.807) is 6.07 Å². The van der Waals surface area contributed by atoms with Crippen LogP contribution in [0.1, 0.15) is 43.4 Å². The van der Waals surface area contributed by atoms with Crippen LogP contribution >= 0.6 is 0 Å². The molecule has 0 unspecified atom stereocenters.